The van der Waals surface area contributed by atoms with Crippen molar-refractivity contribution in [3.8, 4) is 0 Å². The van der Waals surface area contributed by atoms with Crippen LogP contribution in [0.5, 0.6) is 0 Å². The molecule has 0 aliphatic carbocycles. The van der Waals surface area contributed by atoms with Gasteiger partial charge in [0.15, 0.2) is 0 Å². The number of aromatic nitrogens is 3. The van der Waals surface area contributed by atoms with Crippen LogP contribution in [0.4, 0.5) is 0 Å². The largest absolute Gasteiger partial charge is 1.00 e. The van der Waals surface area contributed by atoms with Crippen molar-refractivity contribution in [3.63, 3.8) is 0 Å². The summed E-state index contributed by atoms with van der Waals surface area (Å²) in [4.78, 5) is 0. The zero-order valence-electron chi connectivity index (χ0n) is 9.54. The minimum absolute atomic E-state index is 0. The summed E-state index contributed by atoms with van der Waals surface area (Å²) in [6.07, 6.45) is 2.92. The van der Waals surface area contributed by atoms with Gasteiger partial charge in [-0.2, -0.15) is 5.10 Å². The Bertz CT molecular complexity index is 187. The summed E-state index contributed by atoms with van der Waals surface area (Å²) in [5, 5.41) is 7.55. The summed E-state index contributed by atoms with van der Waals surface area (Å²) in [6.45, 7) is 10.7. The summed E-state index contributed by atoms with van der Waals surface area (Å²) in [6, 6.07) is 0. The van der Waals surface area contributed by atoms with Crippen molar-refractivity contribution in [1.29, 1.82) is 0 Å². The first-order valence-corrected chi connectivity index (χ1v) is 4.05. The minimum Gasteiger partial charge on any atom is -0.358 e. The molecule has 0 radical (unpaired) electrons. The van der Waals surface area contributed by atoms with Gasteiger partial charge in [-0.25, -0.2) is 6.92 Å². The molecule has 13 heavy (non-hydrogen) atoms. The fourth-order valence-electron chi connectivity index (χ4n) is 0.677. The molecule has 0 saturated carbocycles. The van der Waals surface area contributed by atoms with Crippen LogP contribution in [0.1, 0.15) is 32.9 Å². The molecule has 0 amide bonds. The number of hydrogen-bond donors (Lipinski definition) is 0. The van der Waals surface area contributed by atoms with Gasteiger partial charge in [0.05, 0.1) is 0 Å². The van der Waals surface area contributed by atoms with E-state index in [4.69, 9.17) is 0 Å². The van der Waals surface area contributed by atoms with Crippen molar-refractivity contribution in [1.82, 2.24) is 15.0 Å². The fraction of sp³-hybridized carbons (Fsp3) is 0.556. The van der Waals surface area contributed by atoms with Gasteiger partial charge in [0, 0.05) is 6.54 Å². The summed E-state index contributed by atoms with van der Waals surface area (Å²) < 4.78 is 1.79. The molecule has 0 fully saturated rings. The van der Waals surface area contributed by atoms with E-state index >= 15 is 0 Å². The Morgan fingerprint density at radius 3 is 2.31 bits per heavy atom. The smallest absolute Gasteiger partial charge is 0.358 e. The maximum absolute atomic E-state index is 3.81. The second kappa shape index (κ2) is 12.6. The molecule has 0 spiro atoms. The van der Waals surface area contributed by atoms with Gasteiger partial charge in [0.2, 0.25) is 0 Å². The van der Waals surface area contributed by atoms with Gasteiger partial charge in [-0.3, -0.25) is 0 Å². The second-order valence-corrected chi connectivity index (χ2v) is 1.97. The zero-order valence-corrected chi connectivity index (χ0v) is 12.7. The van der Waals surface area contributed by atoms with E-state index < -0.39 is 0 Å². The first kappa shape index (κ1) is 19.3. The Morgan fingerprint density at radius 1 is 1.46 bits per heavy atom. The number of hydrogen-bond acceptors (Lipinski definition) is 2. The average molecular weight is 208 g/mol. The van der Waals surface area contributed by atoms with Gasteiger partial charge < -0.3 is 12.1 Å². The molecule has 1 aromatic heterocycles. The molecule has 1 heterocycles. The van der Waals surface area contributed by atoms with Crippen molar-refractivity contribution >= 4 is 0 Å². The van der Waals surface area contributed by atoms with Gasteiger partial charge in [0.1, 0.15) is 0 Å². The predicted molar refractivity (Wildman–Crippen MR) is 52.5 cm³/mol. The number of nitrogens with zero attached hydrogens (tertiary/aromatic N) is 3. The van der Waals surface area contributed by atoms with E-state index in [-0.39, 0.29) is 58.8 Å². The molecule has 0 N–H and O–H groups in total. The first-order chi connectivity index (χ1) is 5.33. The van der Waals surface area contributed by atoms with E-state index in [1.165, 1.54) is 0 Å². The molecular formula is C9H19KN3-. The summed E-state index contributed by atoms with van der Waals surface area (Å²) in [5.41, 5.74) is 0.739. The van der Waals surface area contributed by atoms with Crippen LogP contribution in [0.2, 0.25) is 0 Å². The molecule has 1 rings (SSSR count). The van der Waals surface area contributed by atoms with Gasteiger partial charge >= 0.3 is 51.4 Å². The topological polar surface area (TPSA) is 30.7 Å². The third kappa shape index (κ3) is 8.96. The van der Waals surface area contributed by atoms with Gasteiger partial charge in [-0.1, -0.05) is 37.9 Å². The van der Waals surface area contributed by atoms with E-state index in [9.17, 15) is 0 Å². The quantitative estimate of drug-likeness (QED) is 0.478. The Morgan fingerprint density at radius 2 is 2.00 bits per heavy atom. The van der Waals surface area contributed by atoms with E-state index in [1.807, 2.05) is 20.0 Å². The van der Waals surface area contributed by atoms with Crippen LogP contribution in [0.15, 0.2) is 6.20 Å². The van der Waals surface area contributed by atoms with Crippen molar-refractivity contribution < 1.29 is 51.4 Å². The molecular weight excluding hydrogens is 189 g/mol. The van der Waals surface area contributed by atoms with Crippen LogP contribution < -0.4 is 51.4 Å². The van der Waals surface area contributed by atoms with E-state index in [0.29, 0.717) is 0 Å². The molecule has 1 aromatic rings. The molecule has 4 heteroatoms. The van der Waals surface area contributed by atoms with Crippen LogP contribution in [0.3, 0.4) is 0 Å². The second-order valence-electron chi connectivity index (χ2n) is 1.97. The van der Waals surface area contributed by atoms with Crippen molar-refractivity contribution in [2.24, 2.45) is 0 Å². The van der Waals surface area contributed by atoms with E-state index in [0.717, 1.165) is 18.7 Å². The maximum atomic E-state index is 3.81. The van der Waals surface area contributed by atoms with Crippen LogP contribution in [-0.4, -0.2) is 15.0 Å². The summed E-state index contributed by atoms with van der Waals surface area (Å²) in [5.74, 6) is 0. The molecule has 0 bridgehead atoms. The van der Waals surface area contributed by atoms with Gasteiger partial charge in [-0.15, -0.1) is 0 Å². The third-order valence-electron chi connectivity index (χ3n) is 1.04. The van der Waals surface area contributed by atoms with Gasteiger partial charge in [0.25, 0.3) is 0 Å². The Balaban J connectivity index is -0.000000234. The molecule has 0 atom stereocenters. The van der Waals surface area contributed by atoms with Crippen LogP contribution >= 0.6 is 0 Å². The maximum Gasteiger partial charge on any atom is 1.00 e. The molecule has 3 nitrogen and oxygen atoms in total. The SMILES string of the molecule is CC.[CH2-]c1cn(CCC)nn1.[CH3-].[K+]. The Kier molecular flexibility index (Phi) is 18.7. The summed E-state index contributed by atoms with van der Waals surface area (Å²) in [7, 11) is 0. The van der Waals surface area contributed by atoms with Crippen LogP contribution in [-0.2, 0) is 6.54 Å². The number of rotatable bonds is 2. The first-order valence-electron chi connectivity index (χ1n) is 4.05. The molecule has 0 aliphatic heterocycles. The third-order valence-corrected chi connectivity index (χ3v) is 1.04. The molecule has 0 unspecified atom stereocenters. The van der Waals surface area contributed by atoms with E-state index in [1.54, 1.807) is 4.68 Å². The summed E-state index contributed by atoms with van der Waals surface area (Å²) >= 11 is 0. The van der Waals surface area contributed by atoms with Crippen LogP contribution in [0.25, 0.3) is 0 Å². The van der Waals surface area contributed by atoms with Crippen molar-refractivity contribution in [2.45, 2.75) is 33.7 Å². The monoisotopic (exact) mass is 208 g/mol. The molecule has 72 valence electrons. The normalized spacial score (nSPS) is 7.31. The molecule has 0 saturated heterocycles. The molecule has 0 aromatic carbocycles. The Labute approximate surface area is 125 Å². The van der Waals surface area contributed by atoms with E-state index in [2.05, 4.69) is 24.2 Å². The van der Waals surface area contributed by atoms with Crippen molar-refractivity contribution in [2.75, 3.05) is 0 Å². The zero-order chi connectivity index (χ0) is 8.69. The van der Waals surface area contributed by atoms with Gasteiger partial charge in [-0.05, 0) is 6.42 Å². The fourth-order valence-corrected chi connectivity index (χ4v) is 0.677. The van der Waals surface area contributed by atoms with Crippen molar-refractivity contribution in [3.05, 3.63) is 26.2 Å². The standard InChI is InChI=1S/C6H10N3.C2H6.CH3.K/c1-3-4-9-5-6(2)7-8-9;1-2;;/h5H,2-4H2,1H3;1-2H3;1H3;/q-1;;-1;+1. The Hall–Kier alpha value is 0.646. The average Bonchev–Trinajstić information content (AvgIpc) is 2.41. The minimum atomic E-state index is 0. The molecule has 0 aliphatic rings. The van der Waals surface area contributed by atoms with Crippen LogP contribution in [0, 0.1) is 14.4 Å². The number of aryl methyl sites for hydroxylation is 1. The predicted octanol–water partition coefficient (Wildman–Crippen LogP) is -0.649.